The van der Waals surface area contributed by atoms with Crippen LogP contribution in [0.3, 0.4) is 0 Å². The Balaban J connectivity index is 2.64. The molecule has 1 aromatic carbocycles. The minimum atomic E-state index is -3.06. The van der Waals surface area contributed by atoms with Crippen LogP contribution in [0.5, 0.6) is 0 Å². The molecule has 1 aromatic rings. The molecule has 0 aliphatic carbocycles. The van der Waals surface area contributed by atoms with E-state index in [-0.39, 0.29) is 11.5 Å². The first-order chi connectivity index (χ1) is 9.46. The molecule has 0 saturated heterocycles. The molecule has 1 N–H and O–H groups in total. The second kappa shape index (κ2) is 6.49. The predicted octanol–water partition coefficient (Wildman–Crippen LogP) is 3.16. The van der Waals surface area contributed by atoms with E-state index in [1.807, 2.05) is 6.07 Å². The van der Waals surface area contributed by atoms with Gasteiger partial charge in [0.15, 0.2) is 9.84 Å². The molecule has 21 heavy (non-hydrogen) atoms. The van der Waals surface area contributed by atoms with Gasteiger partial charge in [-0.1, -0.05) is 44.2 Å². The van der Waals surface area contributed by atoms with Gasteiger partial charge in [-0.15, -0.1) is 0 Å². The van der Waals surface area contributed by atoms with Crippen LogP contribution < -0.4 is 5.32 Å². The van der Waals surface area contributed by atoms with Crippen molar-refractivity contribution < 1.29 is 8.42 Å². The van der Waals surface area contributed by atoms with E-state index >= 15 is 0 Å². The van der Waals surface area contributed by atoms with E-state index in [4.69, 9.17) is 0 Å². The molecule has 1 rings (SSSR count). The molecule has 0 aromatic heterocycles. The molecule has 0 saturated carbocycles. The average molecular weight is 311 g/mol. The van der Waals surface area contributed by atoms with Gasteiger partial charge in [-0.3, -0.25) is 0 Å². The van der Waals surface area contributed by atoms with Crippen LogP contribution in [0.4, 0.5) is 0 Å². The average Bonchev–Trinajstić information content (AvgIpc) is 2.36. The lowest BCUT2D eigenvalue weighted by Gasteiger charge is -2.31. The van der Waals surface area contributed by atoms with Gasteiger partial charge < -0.3 is 5.32 Å². The van der Waals surface area contributed by atoms with Crippen LogP contribution in [0, 0.1) is 0 Å². The molecule has 120 valence electrons. The molecule has 4 heteroatoms. The third kappa shape index (κ3) is 5.11. The minimum Gasteiger partial charge on any atom is -0.313 e. The lowest BCUT2D eigenvalue weighted by molar-refractivity contribution is 0.377. The number of nitrogens with one attached hydrogen (secondary N) is 1. The fourth-order valence-corrected chi connectivity index (χ4v) is 2.74. The first kappa shape index (κ1) is 18.2. The van der Waals surface area contributed by atoms with Crippen molar-refractivity contribution in [3.8, 4) is 0 Å². The van der Waals surface area contributed by atoms with Gasteiger partial charge >= 0.3 is 0 Å². The highest BCUT2D eigenvalue weighted by molar-refractivity contribution is 7.92. The highest BCUT2D eigenvalue weighted by Crippen LogP contribution is 2.28. The summed E-state index contributed by atoms with van der Waals surface area (Å²) in [5, 5.41) is 3.38. The number of hydrogen-bond acceptors (Lipinski definition) is 3. The Labute approximate surface area is 130 Å². The van der Waals surface area contributed by atoms with Crippen molar-refractivity contribution >= 4 is 9.84 Å². The Morgan fingerprint density at radius 2 is 1.62 bits per heavy atom. The molecule has 1 atom stereocenters. The van der Waals surface area contributed by atoms with Crippen LogP contribution in [0.1, 0.15) is 46.6 Å². The van der Waals surface area contributed by atoms with E-state index in [9.17, 15) is 8.42 Å². The van der Waals surface area contributed by atoms with Crippen molar-refractivity contribution in [2.75, 3.05) is 12.8 Å². The number of rotatable bonds is 7. The molecule has 0 aliphatic rings. The highest BCUT2D eigenvalue weighted by Gasteiger charge is 2.31. The van der Waals surface area contributed by atoms with Crippen molar-refractivity contribution in [1.29, 1.82) is 0 Å². The fourth-order valence-electron chi connectivity index (χ4n) is 2.40. The van der Waals surface area contributed by atoms with E-state index in [0.717, 1.165) is 6.42 Å². The van der Waals surface area contributed by atoms with Crippen LogP contribution in [0.15, 0.2) is 30.3 Å². The van der Waals surface area contributed by atoms with Crippen LogP contribution >= 0.6 is 0 Å². The maximum absolute atomic E-state index is 11.7. The molecule has 0 bridgehead atoms. The summed E-state index contributed by atoms with van der Waals surface area (Å²) in [7, 11) is -3.06. The summed E-state index contributed by atoms with van der Waals surface area (Å²) in [6.45, 7) is 10.6. The Kier molecular flexibility index (Phi) is 5.62. The highest BCUT2D eigenvalue weighted by atomic mass is 32.2. The monoisotopic (exact) mass is 311 g/mol. The van der Waals surface area contributed by atoms with Gasteiger partial charge in [-0.2, -0.15) is 0 Å². The molecule has 0 heterocycles. The lowest BCUT2D eigenvalue weighted by Crippen LogP contribution is -2.45. The molecule has 0 amide bonds. The van der Waals surface area contributed by atoms with Crippen LogP contribution in [0.2, 0.25) is 0 Å². The minimum absolute atomic E-state index is 0.0584. The Bertz CT molecular complexity index is 547. The molecule has 1 unspecified atom stereocenters. The van der Waals surface area contributed by atoms with E-state index in [1.54, 1.807) is 13.8 Å². The summed E-state index contributed by atoms with van der Waals surface area (Å²) in [6, 6.07) is 10.7. The zero-order valence-corrected chi connectivity index (χ0v) is 14.9. The molecule has 0 fully saturated rings. The second-order valence-corrected chi connectivity index (χ2v) is 9.92. The Hall–Kier alpha value is -0.870. The largest absolute Gasteiger partial charge is 0.313 e. The topological polar surface area (TPSA) is 46.2 Å². The van der Waals surface area contributed by atoms with Crippen molar-refractivity contribution in [3.05, 3.63) is 35.9 Å². The second-order valence-electron chi connectivity index (χ2n) is 7.27. The summed E-state index contributed by atoms with van der Waals surface area (Å²) < 4.78 is 22.7. The summed E-state index contributed by atoms with van der Waals surface area (Å²) >= 11 is 0. The zero-order chi connectivity index (χ0) is 16.3. The van der Waals surface area contributed by atoms with Crippen molar-refractivity contribution in [1.82, 2.24) is 5.32 Å². The van der Waals surface area contributed by atoms with Gasteiger partial charge in [0.2, 0.25) is 0 Å². The standard InChI is InChI=1S/C17H29NO2S/c1-14(18-13-17(4,5)21(6,19)20)12-16(2,3)15-10-8-7-9-11-15/h7-11,14,18H,12-13H2,1-6H3. The van der Waals surface area contributed by atoms with Gasteiger partial charge in [0, 0.05) is 18.8 Å². The lowest BCUT2D eigenvalue weighted by atomic mass is 9.79. The van der Waals surface area contributed by atoms with Crippen molar-refractivity contribution in [2.45, 2.75) is 57.2 Å². The fraction of sp³-hybridized carbons (Fsp3) is 0.647. The summed E-state index contributed by atoms with van der Waals surface area (Å²) in [5.74, 6) is 0. The van der Waals surface area contributed by atoms with Gasteiger partial charge in [0.05, 0.1) is 4.75 Å². The van der Waals surface area contributed by atoms with Gasteiger partial charge in [-0.25, -0.2) is 8.42 Å². The van der Waals surface area contributed by atoms with E-state index in [2.05, 4.69) is 50.4 Å². The Morgan fingerprint density at radius 1 is 1.10 bits per heavy atom. The normalized spacial score (nSPS) is 15.0. The molecule has 0 spiro atoms. The van der Waals surface area contributed by atoms with Crippen LogP contribution in [-0.2, 0) is 15.3 Å². The van der Waals surface area contributed by atoms with E-state index in [1.165, 1.54) is 11.8 Å². The first-order valence-corrected chi connectivity index (χ1v) is 9.33. The van der Waals surface area contributed by atoms with Gasteiger partial charge in [0.25, 0.3) is 0 Å². The van der Waals surface area contributed by atoms with Crippen LogP contribution in [0.25, 0.3) is 0 Å². The Morgan fingerprint density at radius 3 is 2.10 bits per heavy atom. The summed E-state index contributed by atoms with van der Waals surface area (Å²) in [5.41, 5.74) is 1.36. The quantitative estimate of drug-likeness (QED) is 0.841. The van der Waals surface area contributed by atoms with Crippen molar-refractivity contribution in [3.63, 3.8) is 0 Å². The van der Waals surface area contributed by atoms with E-state index < -0.39 is 14.6 Å². The number of sulfone groups is 1. The molecule has 0 aliphatic heterocycles. The summed E-state index contributed by atoms with van der Waals surface area (Å²) in [4.78, 5) is 0. The maximum Gasteiger partial charge on any atom is 0.153 e. The molecule has 3 nitrogen and oxygen atoms in total. The third-order valence-electron chi connectivity index (χ3n) is 4.25. The zero-order valence-electron chi connectivity index (χ0n) is 14.1. The summed E-state index contributed by atoms with van der Waals surface area (Å²) in [6.07, 6.45) is 2.25. The van der Waals surface area contributed by atoms with Gasteiger partial charge in [-0.05, 0) is 38.2 Å². The molecule has 0 radical (unpaired) electrons. The van der Waals surface area contributed by atoms with Gasteiger partial charge in [0.1, 0.15) is 0 Å². The maximum atomic E-state index is 11.7. The molecular weight excluding hydrogens is 282 g/mol. The van der Waals surface area contributed by atoms with Crippen LogP contribution in [-0.4, -0.2) is 32.0 Å². The van der Waals surface area contributed by atoms with E-state index in [0.29, 0.717) is 6.54 Å². The smallest absolute Gasteiger partial charge is 0.153 e. The SMILES string of the molecule is CC(CC(C)(C)c1ccccc1)NCC(C)(C)S(C)(=O)=O. The predicted molar refractivity (Wildman–Crippen MR) is 90.5 cm³/mol. The van der Waals surface area contributed by atoms with Crippen molar-refractivity contribution in [2.24, 2.45) is 0 Å². The number of hydrogen-bond donors (Lipinski definition) is 1. The third-order valence-corrected chi connectivity index (χ3v) is 6.40. The number of benzene rings is 1. The molecular formula is C17H29NO2S. The first-order valence-electron chi connectivity index (χ1n) is 7.44.